The lowest BCUT2D eigenvalue weighted by atomic mass is 10.0. The molecule has 3 rings (SSSR count). The van der Waals surface area contributed by atoms with Crippen molar-refractivity contribution in [3.63, 3.8) is 0 Å². The van der Waals surface area contributed by atoms with Gasteiger partial charge in [0.05, 0.1) is 0 Å². The first-order valence-electron chi connectivity index (χ1n) is 10.4. The van der Waals surface area contributed by atoms with Crippen molar-refractivity contribution in [3.8, 4) is 11.4 Å². The lowest BCUT2D eigenvalue weighted by molar-refractivity contribution is 0.367. The van der Waals surface area contributed by atoms with Crippen LogP contribution in [0.2, 0.25) is 0 Å². The van der Waals surface area contributed by atoms with Gasteiger partial charge in [-0.25, -0.2) is 0 Å². The van der Waals surface area contributed by atoms with E-state index in [4.69, 9.17) is 15.7 Å². The Morgan fingerprint density at radius 2 is 1.79 bits per heavy atom. The van der Waals surface area contributed by atoms with Gasteiger partial charge in [-0.1, -0.05) is 75.2 Å². The average Bonchev–Trinajstić information content (AvgIpc) is 3.35. The lowest BCUT2D eigenvalue weighted by Crippen LogP contribution is -2.27. The summed E-state index contributed by atoms with van der Waals surface area (Å²) >= 11 is 0. The zero-order valence-electron chi connectivity index (χ0n) is 16.9. The Morgan fingerprint density at radius 1 is 1.11 bits per heavy atom. The minimum atomic E-state index is -0.500. The van der Waals surface area contributed by atoms with Crippen LogP contribution in [-0.4, -0.2) is 16.0 Å². The molecule has 5 nitrogen and oxygen atoms in total. The van der Waals surface area contributed by atoms with Crippen LogP contribution in [0.25, 0.3) is 11.4 Å². The van der Waals surface area contributed by atoms with Gasteiger partial charge in [0.1, 0.15) is 11.3 Å². The summed E-state index contributed by atoms with van der Waals surface area (Å²) in [7, 11) is 0. The number of nitrogens with two attached hydrogens (primary N) is 1. The molecule has 28 heavy (non-hydrogen) atoms. The van der Waals surface area contributed by atoms with Crippen molar-refractivity contribution >= 4 is 18.2 Å². The normalized spacial score (nSPS) is 14.5. The molecule has 0 radical (unpaired) electrons. The van der Waals surface area contributed by atoms with Crippen LogP contribution < -0.4 is 5.73 Å². The van der Waals surface area contributed by atoms with Crippen molar-refractivity contribution in [2.75, 3.05) is 0 Å². The van der Waals surface area contributed by atoms with Gasteiger partial charge in [-0.05, 0) is 37.3 Å². The second-order valence-electron chi connectivity index (χ2n) is 7.84. The third-order valence-corrected chi connectivity index (χ3v) is 5.61. The predicted octanol–water partition coefficient (Wildman–Crippen LogP) is 5.81. The molecular weight excluding hydrogens is 372 g/mol. The number of nitrogens with one attached hydrogen (secondary N) is 1. The van der Waals surface area contributed by atoms with Gasteiger partial charge in [-0.3, -0.25) is 5.41 Å². The molecule has 1 aliphatic rings. The van der Waals surface area contributed by atoms with Crippen molar-refractivity contribution in [3.05, 3.63) is 35.7 Å². The summed E-state index contributed by atoms with van der Waals surface area (Å²) in [6.07, 6.45) is 13.4. The van der Waals surface area contributed by atoms with Crippen LogP contribution in [0.3, 0.4) is 0 Å². The average molecular weight is 405 g/mol. The number of amidine groups is 1. The first-order valence-corrected chi connectivity index (χ1v) is 10.4. The van der Waals surface area contributed by atoms with E-state index in [2.05, 4.69) is 35.3 Å². The van der Waals surface area contributed by atoms with Gasteiger partial charge >= 0.3 is 0 Å². The van der Waals surface area contributed by atoms with Gasteiger partial charge in [0, 0.05) is 5.56 Å². The highest BCUT2D eigenvalue weighted by Crippen LogP contribution is 2.47. The Bertz CT molecular complexity index is 754. The van der Waals surface area contributed by atoms with E-state index >= 15 is 0 Å². The summed E-state index contributed by atoms with van der Waals surface area (Å²) in [5, 5.41) is 11.9. The van der Waals surface area contributed by atoms with Crippen LogP contribution >= 0.6 is 12.4 Å². The number of aromatic nitrogens is 2. The SMILES string of the molecule is CCCCCCCCCCc1cccc(-c2noc(C3(C(=N)N)CC3)n2)c1.Cl. The lowest BCUT2D eigenvalue weighted by Gasteiger charge is -2.06. The Balaban J connectivity index is 0.00000280. The first kappa shape index (κ1) is 22.4. The van der Waals surface area contributed by atoms with Crippen LogP contribution in [0.5, 0.6) is 0 Å². The standard InChI is InChI=1S/C22H32N4O.ClH/c1-2-3-4-5-6-7-8-9-11-17-12-10-13-18(16-17)19-25-21(27-26-19)22(14-15-22)20(23)24;/h10,12-13,16H,2-9,11,14-15H2,1H3,(H3,23,24);1H. The summed E-state index contributed by atoms with van der Waals surface area (Å²) in [5.74, 6) is 1.20. The fraction of sp³-hybridized carbons (Fsp3) is 0.591. The zero-order valence-corrected chi connectivity index (χ0v) is 17.7. The van der Waals surface area contributed by atoms with Crippen molar-refractivity contribution < 1.29 is 4.52 Å². The van der Waals surface area contributed by atoms with Gasteiger partial charge in [0.2, 0.25) is 11.7 Å². The quantitative estimate of drug-likeness (QED) is 0.265. The summed E-state index contributed by atoms with van der Waals surface area (Å²) < 4.78 is 5.42. The fourth-order valence-corrected chi connectivity index (χ4v) is 3.59. The number of unbranched alkanes of at least 4 members (excludes halogenated alkanes) is 7. The molecule has 0 unspecified atom stereocenters. The number of hydrogen-bond acceptors (Lipinski definition) is 4. The van der Waals surface area contributed by atoms with E-state index in [9.17, 15) is 0 Å². The summed E-state index contributed by atoms with van der Waals surface area (Å²) in [4.78, 5) is 4.52. The second-order valence-corrected chi connectivity index (χ2v) is 7.84. The van der Waals surface area contributed by atoms with E-state index in [1.165, 1.54) is 56.9 Å². The summed E-state index contributed by atoms with van der Waals surface area (Å²) in [6, 6.07) is 8.40. The Labute approximate surface area is 174 Å². The molecular formula is C22H33ClN4O. The molecule has 0 bridgehead atoms. The van der Waals surface area contributed by atoms with E-state index < -0.39 is 5.41 Å². The maximum Gasteiger partial charge on any atom is 0.240 e. The van der Waals surface area contributed by atoms with Crippen LogP contribution in [0.4, 0.5) is 0 Å². The van der Waals surface area contributed by atoms with Crippen LogP contribution in [0, 0.1) is 5.41 Å². The maximum atomic E-state index is 7.75. The van der Waals surface area contributed by atoms with Crippen molar-refractivity contribution in [1.82, 2.24) is 10.1 Å². The van der Waals surface area contributed by atoms with Gasteiger partial charge < -0.3 is 10.3 Å². The molecule has 2 aromatic rings. The molecule has 1 aromatic carbocycles. The minimum Gasteiger partial charge on any atom is -0.387 e. The monoisotopic (exact) mass is 404 g/mol. The van der Waals surface area contributed by atoms with Gasteiger partial charge in [-0.2, -0.15) is 4.98 Å². The topological polar surface area (TPSA) is 88.8 Å². The number of halogens is 1. The molecule has 1 aliphatic carbocycles. The third kappa shape index (κ3) is 5.57. The molecule has 3 N–H and O–H groups in total. The molecule has 154 valence electrons. The van der Waals surface area contributed by atoms with Crippen molar-refractivity contribution in [2.24, 2.45) is 5.73 Å². The molecule has 0 spiro atoms. The van der Waals surface area contributed by atoms with Crippen molar-refractivity contribution in [2.45, 2.75) is 83.0 Å². The van der Waals surface area contributed by atoms with Crippen LogP contribution in [0.1, 0.15) is 82.6 Å². The van der Waals surface area contributed by atoms with E-state index in [1.807, 2.05) is 6.07 Å². The maximum absolute atomic E-state index is 7.75. The predicted molar refractivity (Wildman–Crippen MR) is 116 cm³/mol. The highest BCUT2D eigenvalue weighted by Gasteiger charge is 2.52. The summed E-state index contributed by atoms with van der Waals surface area (Å²) in [5.41, 5.74) is 7.50. The minimum absolute atomic E-state index is 0. The summed E-state index contributed by atoms with van der Waals surface area (Å²) in [6.45, 7) is 2.26. The van der Waals surface area contributed by atoms with Crippen LogP contribution in [-0.2, 0) is 11.8 Å². The number of benzene rings is 1. The van der Waals surface area contributed by atoms with Gasteiger partial charge in [0.25, 0.3) is 0 Å². The largest absolute Gasteiger partial charge is 0.387 e. The molecule has 0 aliphatic heterocycles. The van der Waals surface area contributed by atoms with Crippen molar-refractivity contribution in [1.29, 1.82) is 5.41 Å². The number of rotatable bonds is 12. The molecule has 1 fully saturated rings. The Hall–Kier alpha value is -1.88. The van der Waals surface area contributed by atoms with Crippen LogP contribution in [0.15, 0.2) is 28.8 Å². The highest BCUT2D eigenvalue weighted by molar-refractivity contribution is 5.91. The first-order chi connectivity index (χ1) is 13.2. The van der Waals surface area contributed by atoms with Gasteiger partial charge in [-0.15, -0.1) is 12.4 Å². The molecule has 1 aromatic heterocycles. The van der Waals surface area contributed by atoms with E-state index in [1.54, 1.807) is 0 Å². The number of hydrogen-bond donors (Lipinski definition) is 2. The fourth-order valence-electron chi connectivity index (χ4n) is 3.59. The number of aryl methyl sites for hydroxylation is 1. The zero-order chi connectivity index (χ0) is 19.1. The Morgan fingerprint density at radius 3 is 2.43 bits per heavy atom. The molecule has 0 atom stereocenters. The highest BCUT2D eigenvalue weighted by atomic mass is 35.5. The second kappa shape index (κ2) is 10.6. The third-order valence-electron chi connectivity index (χ3n) is 5.61. The number of nitrogens with zero attached hydrogens (tertiary/aromatic N) is 2. The van der Waals surface area contributed by atoms with E-state index in [0.29, 0.717) is 11.7 Å². The van der Waals surface area contributed by atoms with E-state index in [-0.39, 0.29) is 18.2 Å². The molecule has 1 heterocycles. The Kier molecular flexibility index (Phi) is 8.49. The van der Waals surface area contributed by atoms with Gasteiger partial charge in [0.15, 0.2) is 0 Å². The van der Waals surface area contributed by atoms with E-state index in [0.717, 1.165) is 24.8 Å². The molecule has 0 amide bonds. The smallest absolute Gasteiger partial charge is 0.240 e. The molecule has 0 saturated heterocycles. The molecule has 6 heteroatoms. The molecule has 1 saturated carbocycles.